The predicted octanol–water partition coefficient (Wildman–Crippen LogP) is 4.58. The first-order chi connectivity index (χ1) is 9.11. The van der Waals surface area contributed by atoms with Crippen LogP contribution >= 0.6 is 15.9 Å². The molecule has 0 aliphatic rings. The molecule has 2 aromatic carbocycles. The Kier molecular flexibility index (Phi) is 4.48. The van der Waals surface area contributed by atoms with Crippen molar-refractivity contribution in [2.24, 2.45) is 0 Å². The van der Waals surface area contributed by atoms with Gasteiger partial charge in [0.05, 0.1) is 10.0 Å². The summed E-state index contributed by atoms with van der Waals surface area (Å²) in [5, 5.41) is 0. The fraction of sp³-hybridized carbons (Fsp3) is 0.188. The van der Waals surface area contributed by atoms with Gasteiger partial charge >= 0.3 is 0 Å². The predicted molar refractivity (Wildman–Crippen MR) is 78.0 cm³/mol. The highest BCUT2D eigenvalue weighted by molar-refractivity contribution is 9.10. The van der Waals surface area contributed by atoms with Crippen LogP contribution in [0.2, 0.25) is 0 Å². The average molecular weight is 321 g/mol. The molecule has 0 heterocycles. The maximum Gasteiger partial charge on any atom is 0.170 e. The molecule has 0 saturated carbocycles. The molecule has 2 aromatic rings. The van der Waals surface area contributed by atoms with Crippen molar-refractivity contribution in [2.45, 2.75) is 19.8 Å². The highest BCUT2D eigenvalue weighted by Gasteiger charge is 2.14. The molecule has 0 radical (unpaired) electrons. The lowest BCUT2D eigenvalue weighted by Crippen LogP contribution is -2.06. The molecule has 0 fully saturated rings. The third-order valence-corrected chi connectivity index (χ3v) is 3.66. The van der Waals surface area contributed by atoms with Crippen molar-refractivity contribution >= 4 is 21.7 Å². The molecular weight excluding hydrogens is 307 g/mol. The second-order valence-corrected chi connectivity index (χ2v) is 5.23. The second-order valence-electron chi connectivity index (χ2n) is 4.37. The van der Waals surface area contributed by atoms with Crippen molar-refractivity contribution < 1.29 is 9.18 Å². The van der Waals surface area contributed by atoms with Crippen LogP contribution < -0.4 is 0 Å². The minimum Gasteiger partial charge on any atom is -0.294 e. The van der Waals surface area contributed by atoms with Gasteiger partial charge in [-0.1, -0.05) is 37.3 Å². The summed E-state index contributed by atoms with van der Waals surface area (Å²) in [7, 11) is 0. The fourth-order valence-corrected chi connectivity index (χ4v) is 2.26. The molecule has 0 N–H and O–H groups in total. The number of aryl methyl sites for hydroxylation is 1. The standard InChI is InChI=1S/C16H14BrFO/c1-2-11-6-8-12(9-7-11)10-15(19)13-4-3-5-14(17)16(13)18/h3-9H,2,10H2,1H3. The zero-order valence-corrected chi connectivity index (χ0v) is 12.2. The van der Waals surface area contributed by atoms with Gasteiger partial charge in [0, 0.05) is 6.42 Å². The van der Waals surface area contributed by atoms with Crippen molar-refractivity contribution in [3.8, 4) is 0 Å². The summed E-state index contributed by atoms with van der Waals surface area (Å²) in [5.74, 6) is -0.694. The lowest BCUT2D eigenvalue weighted by atomic mass is 10.0. The maximum absolute atomic E-state index is 13.8. The minimum atomic E-state index is -0.488. The zero-order chi connectivity index (χ0) is 13.8. The van der Waals surface area contributed by atoms with Gasteiger partial charge in [-0.25, -0.2) is 4.39 Å². The summed E-state index contributed by atoms with van der Waals surface area (Å²) in [5.41, 5.74) is 2.26. The molecule has 0 aromatic heterocycles. The highest BCUT2D eigenvalue weighted by atomic mass is 79.9. The van der Waals surface area contributed by atoms with Gasteiger partial charge in [-0.2, -0.15) is 0 Å². The Bertz CT molecular complexity index is 590. The van der Waals surface area contributed by atoms with E-state index in [-0.39, 0.29) is 17.8 Å². The molecule has 0 bridgehead atoms. The van der Waals surface area contributed by atoms with E-state index in [0.29, 0.717) is 4.47 Å². The molecule has 0 aliphatic heterocycles. The molecule has 0 spiro atoms. The second kappa shape index (κ2) is 6.11. The smallest absolute Gasteiger partial charge is 0.170 e. The number of carbonyl (C=O) groups excluding carboxylic acids is 1. The SMILES string of the molecule is CCc1ccc(CC(=O)c2cccc(Br)c2F)cc1. The van der Waals surface area contributed by atoms with E-state index < -0.39 is 5.82 Å². The monoisotopic (exact) mass is 320 g/mol. The van der Waals surface area contributed by atoms with Crippen LogP contribution in [-0.2, 0) is 12.8 Å². The number of hydrogen-bond donors (Lipinski definition) is 0. The Morgan fingerprint density at radius 2 is 1.74 bits per heavy atom. The lowest BCUT2D eigenvalue weighted by Gasteiger charge is -2.05. The number of rotatable bonds is 4. The summed E-state index contributed by atoms with van der Waals surface area (Å²) < 4.78 is 14.1. The summed E-state index contributed by atoms with van der Waals surface area (Å²) in [6.07, 6.45) is 1.19. The molecule has 0 atom stereocenters. The molecule has 19 heavy (non-hydrogen) atoms. The Balaban J connectivity index is 2.18. The third kappa shape index (κ3) is 3.29. The van der Waals surface area contributed by atoms with E-state index in [2.05, 4.69) is 22.9 Å². The number of Topliss-reactive ketones (excluding diaryl/α,β-unsaturated/α-hetero) is 1. The molecule has 0 unspecified atom stereocenters. The first-order valence-corrected chi connectivity index (χ1v) is 6.96. The summed E-state index contributed by atoms with van der Waals surface area (Å²) in [6, 6.07) is 12.6. The van der Waals surface area contributed by atoms with Crippen LogP contribution in [-0.4, -0.2) is 5.78 Å². The van der Waals surface area contributed by atoms with Crippen LogP contribution in [0.3, 0.4) is 0 Å². The van der Waals surface area contributed by atoms with Crippen LogP contribution in [0, 0.1) is 5.82 Å². The van der Waals surface area contributed by atoms with E-state index in [0.717, 1.165) is 12.0 Å². The summed E-state index contributed by atoms with van der Waals surface area (Å²) >= 11 is 3.09. The third-order valence-electron chi connectivity index (χ3n) is 3.05. The van der Waals surface area contributed by atoms with Crippen molar-refractivity contribution in [3.63, 3.8) is 0 Å². The van der Waals surface area contributed by atoms with Gasteiger partial charge in [-0.05, 0) is 45.6 Å². The number of hydrogen-bond acceptors (Lipinski definition) is 1. The van der Waals surface area contributed by atoms with Crippen molar-refractivity contribution in [1.29, 1.82) is 0 Å². The molecule has 2 rings (SSSR count). The highest BCUT2D eigenvalue weighted by Crippen LogP contribution is 2.20. The maximum atomic E-state index is 13.8. The average Bonchev–Trinajstić information content (AvgIpc) is 2.42. The summed E-state index contributed by atoms with van der Waals surface area (Å²) in [4.78, 5) is 12.1. The minimum absolute atomic E-state index is 0.133. The van der Waals surface area contributed by atoms with Crippen LogP contribution in [0.5, 0.6) is 0 Å². The normalized spacial score (nSPS) is 10.5. The molecule has 0 amide bonds. The molecule has 0 aliphatic carbocycles. The Hall–Kier alpha value is -1.48. The van der Waals surface area contributed by atoms with Gasteiger partial charge < -0.3 is 0 Å². The fourth-order valence-electron chi connectivity index (χ4n) is 1.89. The van der Waals surface area contributed by atoms with E-state index in [1.807, 2.05) is 24.3 Å². The summed E-state index contributed by atoms with van der Waals surface area (Å²) in [6.45, 7) is 2.08. The van der Waals surface area contributed by atoms with E-state index in [9.17, 15) is 9.18 Å². The molecular formula is C16H14BrFO. The van der Waals surface area contributed by atoms with Crippen LogP contribution in [0.25, 0.3) is 0 Å². The van der Waals surface area contributed by atoms with Gasteiger partial charge in [0.25, 0.3) is 0 Å². The number of ketones is 1. The topological polar surface area (TPSA) is 17.1 Å². The van der Waals surface area contributed by atoms with Crippen LogP contribution in [0.1, 0.15) is 28.4 Å². The first kappa shape index (κ1) is 13.9. The van der Waals surface area contributed by atoms with E-state index >= 15 is 0 Å². The van der Waals surface area contributed by atoms with Gasteiger partial charge in [0.2, 0.25) is 0 Å². The van der Waals surface area contributed by atoms with Crippen molar-refractivity contribution in [3.05, 3.63) is 69.4 Å². The van der Waals surface area contributed by atoms with Crippen LogP contribution in [0.4, 0.5) is 4.39 Å². The van der Waals surface area contributed by atoms with Crippen LogP contribution in [0.15, 0.2) is 46.9 Å². The number of carbonyl (C=O) groups is 1. The Morgan fingerprint density at radius 1 is 1.11 bits per heavy atom. The quantitative estimate of drug-likeness (QED) is 0.754. The Labute approximate surface area is 120 Å². The Morgan fingerprint density at radius 3 is 2.37 bits per heavy atom. The van der Waals surface area contributed by atoms with Gasteiger partial charge in [0.1, 0.15) is 5.82 Å². The molecule has 0 saturated heterocycles. The first-order valence-electron chi connectivity index (χ1n) is 6.17. The lowest BCUT2D eigenvalue weighted by molar-refractivity contribution is 0.0989. The number of benzene rings is 2. The van der Waals surface area contributed by atoms with Gasteiger partial charge in [-0.15, -0.1) is 0 Å². The molecule has 98 valence electrons. The van der Waals surface area contributed by atoms with Gasteiger partial charge in [-0.3, -0.25) is 4.79 Å². The van der Waals surface area contributed by atoms with E-state index in [4.69, 9.17) is 0 Å². The van der Waals surface area contributed by atoms with Crippen molar-refractivity contribution in [1.82, 2.24) is 0 Å². The molecule has 3 heteroatoms. The van der Waals surface area contributed by atoms with E-state index in [1.54, 1.807) is 12.1 Å². The van der Waals surface area contributed by atoms with E-state index in [1.165, 1.54) is 11.6 Å². The van der Waals surface area contributed by atoms with Crippen molar-refractivity contribution in [2.75, 3.05) is 0 Å². The number of halogens is 2. The largest absolute Gasteiger partial charge is 0.294 e. The molecule has 1 nitrogen and oxygen atoms in total. The zero-order valence-electron chi connectivity index (χ0n) is 10.6. The van der Waals surface area contributed by atoms with Gasteiger partial charge in [0.15, 0.2) is 5.78 Å².